The summed E-state index contributed by atoms with van der Waals surface area (Å²) in [6, 6.07) is 0. The Labute approximate surface area is 88.0 Å². The molecule has 0 amide bonds. The molecule has 0 aliphatic heterocycles. The lowest BCUT2D eigenvalue weighted by Crippen LogP contribution is -1.94. The normalized spacial score (nSPS) is 8.08. The fraction of sp³-hybridized carbons (Fsp3) is 0.667. The average molecular weight is 242 g/mol. The van der Waals surface area contributed by atoms with Crippen molar-refractivity contribution in [3.05, 3.63) is 0 Å². The van der Waals surface area contributed by atoms with E-state index in [1.54, 1.807) is 31.4 Å². The lowest BCUT2D eigenvalue weighted by Gasteiger charge is -1.94. The summed E-state index contributed by atoms with van der Waals surface area (Å²) in [6.07, 6.45) is 0.516. The third-order valence-electron chi connectivity index (χ3n) is 0.613. The quantitative estimate of drug-likeness (QED) is 0.563. The molecule has 0 aliphatic carbocycles. The minimum Gasteiger partial charge on any atom is -0.481 e. The zero-order valence-corrected chi connectivity index (χ0v) is 9.47. The first kappa shape index (κ1) is 15.4. The Morgan fingerprint density at radius 1 is 1.38 bits per heavy atom. The molecule has 7 heteroatoms. The SMILES string of the molecule is CCSSSCCC(=O)O.O=C=O. The molecule has 0 spiro atoms. The van der Waals surface area contributed by atoms with Crippen LogP contribution in [-0.4, -0.2) is 28.7 Å². The van der Waals surface area contributed by atoms with Crippen molar-refractivity contribution >= 4 is 43.5 Å². The zero-order valence-electron chi connectivity index (χ0n) is 7.02. The maximum Gasteiger partial charge on any atom is 0.373 e. The van der Waals surface area contributed by atoms with Gasteiger partial charge in [-0.3, -0.25) is 4.79 Å². The molecule has 0 saturated heterocycles. The molecule has 0 saturated carbocycles. The summed E-state index contributed by atoms with van der Waals surface area (Å²) in [6.45, 7) is 2.08. The Bertz CT molecular complexity index is 156. The van der Waals surface area contributed by atoms with Gasteiger partial charge in [-0.1, -0.05) is 28.5 Å². The molecule has 0 rings (SSSR count). The fourth-order valence-corrected chi connectivity index (χ4v) is 3.77. The molecule has 1 N–H and O–H groups in total. The molecule has 0 heterocycles. The van der Waals surface area contributed by atoms with Crippen molar-refractivity contribution in [1.29, 1.82) is 0 Å². The van der Waals surface area contributed by atoms with Gasteiger partial charge in [0.05, 0.1) is 6.42 Å². The van der Waals surface area contributed by atoms with E-state index >= 15 is 0 Å². The maximum absolute atomic E-state index is 10.0. The van der Waals surface area contributed by atoms with Crippen molar-refractivity contribution in [2.45, 2.75) is 13.3 Å². The van der Waals surface area contributed by atoms with E-state index in [0.717, 1.165) is 5.75 Å². The summed E-state index contributed by atoms with van der Waals surface area (Å²) in [7, 11) is 5.02. The maximum atomic E-state index is 10.0. The molecular formula is C6H10O4S3. The van der Waals surface area contributed by atoms with E-state index in [-0.39, 0.29) is 12.6 Å². The standard InChI is InChI=1S/C5H10O2S3.CO2/c1-2-8-10-9-4-3-5(6)7;2-1-3/h2-4H2,1H3,(H,6,7);. The van der Waals surface area contributed by atoms with Crippen molar-refractivity contribution in [2.24, 2.45) is 0 Å². The molecule has 0 atom stereocenters. The predicted octanol–water partition coefficient (Wildman–Crippen LogP) is 1.93. The van der Waals surface area contributed by atoms with Gasteiger partial charge in [-0.25, -0.2) is 0 Å². The third-order valence-corrected chi connectivity index (χ3v) is 4.93. The average Bonchev–Trinajstić information content (AvgIpc) is 2.05. The molecular weight excluding hydrogens is 232 g/mol. The van der Waals surface area contributed by atoms with E-state index in [1.807, 2.05) is 0 Å². The van der Waals surface area contributed by atoms with Crippen LogP contribution in [0.5, 0.6) is 0 Å². The molecule has 0 aliphatic rings. The monoisotopic (exact) mass is 242 g/mol. The van der Waals surface area contributed by atoms with Gasteiger partial charge in [0.15, 0.2) is 0 Å². The Kier molecular flexibility index (Phi) is 17.1. The van der Waals surface area contributed by atoms with Crippen molar-refractivity contribution in [3.8, 4) is 0 Å². The summed E-state index contributed by atoms with van der Waals surface area (Å²) in [5.41, 5.74) is 0. The van der Waals surface area contributed by atoms with Crippen LogP contribution in [0.2, 0.25) is 0 Å². The van der Waals surface area contributed by atoms with E-state index in [4.69, 9.17) is 14.7 Å². The van der Waals surface area contributed by atoms with Crippen LogP contribution in [0.1, 0.15) is 13.3 Å². The molecule has 0 aromatic heterocycles. The summed E-state index contributed by atoms with van der Waals surface area (Å²) in [5, 5.41) is 8.24. The molecule has 0 radical (unpaired) electrons. The smallest absolute Gasteiger partial charge is 0.373 e. The van der Waals surface area contributed by atoms with Crippen LogP contribution in [0.3, 0.4) is 0 Å². The van der Waals surface area contributed by atoms with Crippen molar-refractivity contribution < 1.29 is 19.5 Å². The van der Waals surface area contributed by atoms with E-state index in [1.165, 1.54) is 0 Å². The predicted molar refractivity (Wildman–Crippen MR) is 55.4 cm³/mol. The van der Waals surface area contributed by atoms with Crippen molar-refractivity contribution in [2.75, 3.05) is 11.5 Å². The number of carbonyl (C=O) groups excluding carboxylic acids is 2. The van der Waals surface area contributed by atoms with Crippen LogP contribution in [0.15, 0.2) is 0 Å². The van der Waals surface area contributed by atoms with E-state index in [2.05, 4.69) is 6.92 Å². The largest absolute Gasteiger partial charge is 0.481 e. The van der Waals surface area contributed by atoms with Crippen LogP contribution in [0.4, 0.5) is 0 Å². The summed E-state index contributed by atoms with van der Waals surface area (Å²) in [4.78, 5) is 26.3. The molecule has 0 aromatic carbocycles. The number of hydrogen-bond acceptors (Lipinski definition) is 6. The number of hydrogen-bond donors (Lipinski definition) is 1. The Morgan fingerprint density at radius 3 is 2.31 bits per heavy atom. The summed E-state index contributed by atoms with van der Waals surface area (Å²) >= 11 is 0. The van der Waals surface area contributed by atoms with Gasteiger partial charge >= 0.3 is 12.1 Å². The van der Waals surface area contributed by atoms with E-state index < -0.39 is 5.97 Å². The highest BCUT2D eigenvalue weighted by Crippen LogP contribution is 2.34. The van der Waals surface area contributed by atoms with Crippen LogP contribution in [-0.2, 0) is 14.4 Å². The highest BCUT2D eigenvalue weighted by molar-refractivity contribution is 9.09. The van der Waals surface area contributed by atoms with Gasteiger partial charge in [0, 0.05) is 11.5 Å². The summed E-state index contributed by atoms with van der Waals surface area (Å²) in [5.74, 6) is 1.06. The van der Waals surface area contributed by atoms with Crippen LogP contribution < -0.4 is 0 Å². The highest BCUT2D eigenvalue weighted by atomic mass is 33.5. The van der Waals surface area contributed by atoms with Crippen LogP contribution in [0.25, 0.3) is 0 Å². The Balaban J connectivity index is 0. The van der Waals surface area contributed by atoms with Crippen LogP contribution >= 0.6 is 31.4 Å². The van der Waals surface area contributed by atoms with Crippen molar-refractivity contribution in [1.82, 2.24) is 0 Å². The van der Waals surface area contributed by atoms with Gasteiger partial charge in [-0.15, -0.1) is 0 Å². The van der Waals surface area contributed by atoms with E-state index in [9.17, 15) is 4.79 Å². The summed E-state index contributed by atoms with van der Waals surface area (Å²) < 4.78 is 0. The third kappa shape index (κ3) is 24.5. The fourth-order valence-electron chi connectivity index (χ4n) is 0.245. The lowest BCUT2D eigenvalue weighted by atomic mass is 10.5. The van der Waals surface area contributed by atoms with Gasteiger partial charge in [-0.2, -0.15) is 9.59 Å². The van der Waals surface area contributed by atoms with Gasteiger partial charge < -0.3 is 5.11 Å². The highest BCUT2D eigenvalue weighted by Gasteiger charge is 1.95. The number of rotatable bonds is 6. The van der Waals surface area contributed by atoms with Crippen molar-refractivity contribution in [3.63, 3.8) is 0 Å². The second-order valence-electron chi connectivity index (χ2n) is 1.52. The zero-order chi connectivity index (χ0) is 10.5. The molecule has 76 valence electrons. The van der Waals surface area contributed by atoms with Crippen LogP contribution in [0, 0.1) is 0 Å². The Morgan fingerprint density at radius 2 is 1.92 bits per heavy atom. The Hall–Kier alpha value is -0.100. The molecule has 0 fully saturated rings. The van der Waals surface area contributed by atoms with Gasteiger partial charge in [-0.05, 0) is 9.83 Å². The first-order chi connectivity index (χ1) is 6.18. The molecule has 0 unspecified atom stereocenters. The molecule has 13 heavy (non-hydrogen) atoms. The molecule has 0 bridgehead atoms. The lowest BCUT2D eigenvalue weighted by molar-refractivity contribution is -0.191. The first-order valence-electron chi connectivity index (χ1n) is 3.31. The molecule has 4 nitrogen and oxygen atoms in total. The van der Waals surface area contributed by atoms with Gasteiger partial charge in [0.2, 0.25) is 0 Å². The number of carboxylic acid groups (broad SMARTS) is 1. The first-order valence-corrected chi connectivity index (χ1v) is 7.13. The molecule has 0 aromatic rings. The number of aliphatic carboxylic acids is 1. The van der Waals surface area contributed by atoms with Gasteiger partial charge in [0.25, 0.3) is 0 Å². The van der Waals surface area contributed by atoms with Gasteiger partial charge in [0.1, 0.15) is 0 Å². The number of carbonyl (C=O) groups is 1. The second kappa shape index (κ2) is 14.4. The topological polar surface area (TPSA) is 71.4 Å². The minimum atomic E-state index is -0.713. The van der Waals surface area contributed by atoms with E-state index in [0.29, 0.717) is 5.75 Å². The second-order valence-corrected chi connectivity index (χ2v) is 6.16. The minimum absolute atomic E-state index is 0.250. The number of carboxylic acids is 1.